The highest BCUT2D eigenvalue weighted by Gasteiger charge is 2.37. The molecule has 2 N–H and O–H groups in total. The number of hydrogen-bond donors (Lipinski definition) is 2. The van der Waals surface area contributed by atoms with Gasteiger partial charge in [0.25, 0.3) is 29.5 Å². The van der Waals surface area contributed by atoms with E-state index in [1.807, 2.05) is 58.8 Å². The molecule has 3 atom stereocenters. The van der Waals surface area contributed by atoms with Gasteiger partial charge in [-0.25, -0.2) is 21.2 Å². The third kappa shape index (κ3) is 22.7. The summed E-state index contributed by atoms with van der Waals surface area (Å²) < 4.78 is 92.8. The number of rotatable bonds is 20. The first-order valence-corrected chi connectivity index (χ1v) is 49.9. The van der Waals surface area contributed by atoms with Crippen LogP contribution >= 0.6 is 58.0 Å². The number of amides is 2. The van der Waals surface area contributed by atoms with E-state index in [0.717, 1.165) is 110 Å². The summed E-state index contributed by atoms with van der Waals surface area (Å²) in [6.07, 6.45) is 7.92. The van der Waals surface area contributed by atoms with E-state index >= 15 is 0 Å². The van der Waals surface area contributed by atoms with E-state index < -0.39 is 31.9 Å². The van der Waals surface area contributed by atoms with Crippen molar-refractivity contribution in [1.82, 2.24) is 32.3 Å². The van der Waals surface area contributed by atoms with Crippen molar-refractivity contribution in [3.63, 3.8) is 0 Å². The fourth-order valence-corrected chi connectivity index (χ4v) is 20.1. The van der Waals surface area contributed by atoms with Gasteiger partial charge in [0.2, 0.25) is 31.9 Å². The molecule has 25 nitrogen and oxygen atoms in total. The van der Waals surface area contributed by atoms with Crippen LogP contribution in [-0.2, 0) is 89.0 Å². The molecule has 15 aromatic rings. The van der Waals surface area contributed by atoms with Gasteiger partial charge in [0, 0.05) is 139 Å². The van der Waals surface area contributed by atoms with Crippen LogP contribution in [-0.4, -0.2) is 139 Å². The average Bonchev–Trinajstić information content (AvgIpc) is 1.56. The van der Waals surface area contributed by atoms with Gasteiger partial charge < -0.3 is 23.7 Å². The van der Waals surface area contributed by atoms with Gasteiger partial charge in [0.1, 0.15) is 46.2 Å². The first-order valence-electron chi connectivity index (χ1n) is 44.3. The summed E-state index contributed by atoms with van der Waals surface area (Å²) in [5.41, 5.74) is 14.7. The molecular weight excluding hydrogens is 1920 g/mol. The summed E-state index contributed by atoms with van der Waals surface area (Å²) in [6, 6.07) is 60.1. The number of nitrogens with one attached hydrogen (secondary N) is 2. The number of Topliss-reactive ketones (excluding diaryl/α,β-unsaturated/α-hetero) is 3. The molecule has 5 aromatic heterocycles. The maximum absolute atomic E-state index is 13.9. The Hall–Kier alpha value is -13.3. The molecule has 10 aromatic carbocycles. The number of benzene rings is 10. The van der Waals surface area contributed by atoms with Gasteiger partial charge in [-0.2, -0.15) is 0 Å². The molecule has 0 spiro atoms. The van der Waals surface area contributed by atoms with Crippen LogP contribution in [0.15, 0.2) is 212 Å². The van der Waals surface area contributed by atoms with E-state index in [2.05, 4.69) is 0 Å². The second kappa shape index (κ2) is 43.0. The van der Waals surface area contributed by atoms with Crippen LogP contribution in [0.3, 0.4) is 0 Å². The SMILES string of the molecule is CC(=O)C1CCc2c(c3cc(F)ccc3n2C(=O)c2ccc(Cl)cc2)C1.COc1ccc2c(c1)c(C)c(CCC(=O)NS(C)(=O)=O)n2C(=O)c1ccc(Cl)cc1.COc1ccc2c(c1)c(CC(=O)NS(C)(=O)=O)c(C)n2C(=O)c1ccc(Cl)cc1.COc1ccc2c(c1)c1c(n2C(=O)c2ccc(Cl)cc2)C(CC(C)=O)CC1.COc1ccc2c(c1)c1c(n2C(=O)c2ccc(Cl)cc2)CCC(C(C)=O)C1. The van der Waals surface area contributed by atoms with Crippen molar-refractivity contribution in [1.29, 1.82) is 0 Å². The molecule has 3 unspecified atom stereocenters. The van der Waals surface area contributed by atoms with Gasteiger partial charge in [0.05, 0.1) is 75.0 Å². The Morgan fingerprint density at radius 2 is 0.719 bits per heavy atom. The van der Waals surface area contributed by atoms with Crippen molar-refractivity contribution < 1.29 is 88.1 Å². The maximum atomic E-state index is 13.9. The first kappa shape index (κ1) is 102. The normalized spacial score (nSPS) is 14.2. The number of sulfonamides is 2. The molecule has 0 saturated carbocycles. The summed E-state index contributed by atoms with van der Waals surface area (Å²) in [4.78, 5) is 126. The maximum Gasteiger partial charge on any atom is 0.262 e. The van der Waals surface area contributed by atoms with E-state index in [9.17, 15) is 69.2 Å². The van der Waals surface area contributed by atoms with E-state index in [4.69, 9.17) is 77.0 Å². The molecule has 2 amide bonds. The monoisotopic (exact) mass is 2010 g/mol. The number of ketones is 3. The minimum absolute atomic E-state index is 0.00776. The van der Waals surface area contributed by atoms with Gasteiger partial charge >= 0.3 is 0 Å². The Bertz CT molecular complexity index is 7670. The lowest BCUT2D eigenvalue weighted by Crippen LogP contribution is -2.30. The van der Waals surface area contributed by atoms with E-state index in [-0.39, 0.29) is 89.7 Å². The largest absolute Gasteiger partial charge is 0.497 e. The molecule has 0 fully saturated rings. The predicted octanol–water partition coefficient (Wildman–Crippen LogP) is 20.7. The molecule has 0 bridgehead atoms. The molecule has 139 heavy (non-hydrogen) atoms. The fourth-order valence-electron chi connectivity index (χ4n) is 18.5. The average molecular weight is 2020 g/mol. The number of aromatic nitrogens is 5. The number of carbonyl (C=O) groups is 10. The zero-order chi connectivity index (χ0) is 100. The molecule has 3 aliphatic carbocycles. The molecule has 0 radical (unpaired) electrons. The highest BCUT2D eigenvalue weighted by Crippen LogP contribution is 2.45. The van der Waals surface area contributed by atoms with Crippen molar-refractivity contribution in [3.05, 3.63) is 327 Å². The Morgan fingerprint density at radius 1 is 0.388 bits per heavy atom. The molecule has 33 heteroatoms. The van der Waals surface area contributed by atoms with Crippen molar-refractivity contribution in [2.24, 2.45) is 11.8 Å². The lowest BCUT2D eigenvalue weighted by molar-refractivity contribution is -0.121. The van der Waals surface area contributed by atoms with Crippen LogP contribution < -0.4 is 28.4 Å². The number of carbonyl (C=O) groups excluding carboxylic acids is 10. The predicted molar refractivity (Wildman–Crippen MR) is 538 cm³/mol. The van der Waals surface area contributed by atoms with Crippen molar-refractivity contribution in [2.75, 3.05) is 41.0 Å². The minimum Gasteiger partial charge on any atom is -0.497 e. The number of nitrogens with zero attached hydrogens (tertiary/aromatic N) is 5. The highest BCUT2D eigenvalue weighted by atomic mass is 35.5. The number of methoxy groups -OCH3 is 4. The Kier molecular flexibility index (Phi) is 31.4. The Labute approximate surface area is 826 Å². The van der Waals surface area contributed by atoms with Crippen LogP contribution in [0.5, 0.6) is 23.0 Å². The van der Waals surface area contributed by atoms with Gasteiger partial charge in [-0.1, -0.05) is 58.0 Å². The highest BCUT2D eigenvalue weighted by molar-refractivity contribution is 7.89. The molecule has 5 heterocycles. The van der Waals surface area contributed by atoms with E-state index in [0.29, 0.717) is 147 Å². The van der Waals surface area contributed by atoms with E-state index in [1.54, 1.807) is 225 Å². The van der Waals surface area contributed by atoms with Gasteiger partial charge in [-0.3, -0.25) is 75.4 Å². The summed E-state index contributed by atoms with van der Waals surface area (Å²) in [5.74, 6) is 0.607. The third-order valence-corrected chi connectivity index (χ3v) is 27.6. The standard InChI is InChI=1S/2C22H20ClNO3.C21H17ClFNO2.C21H21ClN2O5S.C20H19ClN2O5S/c1-13(25)15-5-9-20-18(11-15)19-12-17(27-2)8-10-21(19)24(20)22(26)14-3-6-16(23)7-4-14;1-13(25)11-15-5-9-18-19-12-17(27-2)8-10-20(19)24(21(15)18)22(26)14-3-6-16(23)7-4-14;1-12(25)14-4-8-19-17(10-14)18-11-16(23)7-9-20(18)24(19)21(26)13-2-5-15(22)6-3-13;1-13-17-12-16(29-2)8-9-19(17)24(21(26)14-4-6-15(22)7-5-14)18(13)10-11-20(25)23-30(3,27)28;1-12-16(11-19(24)22-29(3,26)27)17-10-15(28-2)8-9-18(17)23(12)20(25)13-4-6-14(21)7-5-13/h2*3-4,6-8,10,12,15H,5,9,11H2,1-2H3;2-3,5-7,9,11,14H,4,8,10H2,1H3;4-9,12H,10-11H2,1-3H3,(H,23,25);4-10H,11H2,1-3H3,(H,22,24). The van der Waals surface area contributed by atoms with Crippen molar-refractivity contribution in [3.8, 4) is 23.0 Å². The van der Waals surface area contributed by atoms with Crippen LogP contribution in [0.2, 0.25) is 25.1 Å². The molecule has 0 saturated heterocycles. The summed E-state index contributed by atoms with van der Waals surface area (Å²) in [7, 11) is -1.00. The number of aryl methyl sites for hydroxylation is 2. The Balaban J connectivity index is 0.000000139. The van der Waals surface area contributed by atoms with Gasteiger partial charge in [0.15, 0.2) is 0 Å². The van der Waals surface area contributed by atoms with E-state index in [1.165, 1.54) is 23.8 Å². The zero-order valence-electron chi connectivity index (χ0n) is 77.6. The fraction of sp³-hybridized carbons (Fsp3) is 0.245. The van der Waals surface area contributed by atoms with Gasteiger partial charge in [-0.15, -0.1) is 0 Å². The Morgan fingerprint density at radius 3 is 1.11 bits per heavy atom. The van der Waals surface area contributed by atoms with Crippen LogP contribution in [0, 0.1) is 31.5 Å². The second-order valence-electron chi connectivity index (χ2n) is 34.3. The second-order valence-corrected chi connectivity index (χ2v) is 40.0. The lowest BCUT2D eigenvalue weighted by atomic mass is 9.84. The van der Waals surface area contributed by atoms with Crippen LogP contribution in [0.25, 0.3) is 54.5 Å². The number of ether oxygens (including phenoxy) is 4. The third-order valence-electron chi connectivity index (χ3n) is 25.1. The first-order chi connectivity index (χ1) is 66.1. The molecule has 18 rings (SSSR count). The zero-order valence-corrected chi connectivity index (χ0v) is 83.0. The lowest BCUT2D eigenvalue weighted by Gasteiger charge is -2.21. The van der Waals surface area contributed by atoms with Crippen LogP contribution in [0.1, 0.15) is 167 Å². The number of halogens is 6. The molecule has 0 aliphatic heterocycles. The summed E-state index contributed by atoms with van der Waals surface area (Å²) in [5, 5.41) is 6.95. The van der Waals surface area contributed by atoms with Crippen LogP contribution in [0.4, 0.5) is 4.39 Å². The number of hydrogen-bond acceptors (Lipinski definition) is 18. The molecular formula is C106H97Cl5FN7O18S2. The smallest absolute Gasteiger partial charge is 0.262 e. The minimum atomic E-state index is -3.69. The van der Waals surface area contributed by atoms with Crippen molar-refractivity contribution >= 4 is 191 Å². The number of fused-ring (bicyclic) bond motifs is 11. The molecule has 718 valence electrons. The van der Waals surface area contributed by atoms with Crippen molar-refractivity contribution in [2.45, 2.75) is 118 Å². The summed E-state index contributed by atoms with van der Waals surface area (Å²) in [6.45, 7) is 8.41. The van der Waals surface area contributed by atoms with Gasteiger partial charge in [-0.05, 0) is 333 Å². The molecule has 3 aliphatic rings. The quantitative estimate of drug-likeness (QED) is 0.0716. The topological polar surface area (TPSA) is 325 Å². The summed E-state index contributed by atoms with van der Waals surface area (Å²) >= 11 is 29.7.